The number of phenolic OH excluding ortho intramolecular Hbond substituents is 1. The minimum absolute atomic E-state index is 0.245. The van der Waals surface area contributed by atoms with Gasteiger partial charge in [0.2, 0.25) is 0 Å². The maximum Gasteiger partial charge on any atom is 0.311 e. The largest absolute Gasteiger partial charge is 0.502 e. The third-order valence-corrected chi connectivity index (χ3v) is 4.79. The normalized spacial score (nSPS) is 15.4. The first-order valence-electron chi connectivity index (χ1n) is 8.80. The molecule has 2 N–H and O–H groups in total. The Morgan fingerprint density at radius 2 is 1.83 bits per heavy atom. The fourth-order valence-corrected chi connectivity index (χ4v) is 3.35. The van der Waals surface area contributed by atoms with Gasteiger partial charge in [0.1, 0.15) is 11.9 Å². The van der Waals surface area contributed by atoms with Gasteiger partial charge in [-0.15, -0.1) is 0 Å². The Hall–Kier alpha value is -4.07. The van der Waals surface area contributed by atoms with E-state index in [2.05, 4.69) is 5.32 Å². The molecule has 0 aromatic heterocycles. The number of rotatable bonds is 4. The van der Waals surface area contributed by atoms with E-state index in [1.54, 1.807) is 61.7 Å². The fourth-order valence-electron chi connectivity index (χ4n) is 3.35. The van der Waals surface area contributed by atoms with E-state index in [4.69, 9.17) is 4.74 Å². The van der Waals surface area contributed by atoms with Crippen LogP contribution in [-0.4, -0.2) is 23.0 Å². The van der Waals surface area contributed by atoms with Gasteiger partial charge >= 0.3 is 5.69 Å². The number of hydrogen-bond donors (Lipinski definition) is 2. The van der Waals surface area contributed by atoms with Gasteiger partial charge in [-0.05, 0) is 42.5 Å². The molecule has 3 aromatic rings. The number of hydrogen-bond acceptors (Lipinski definition) is 6. The van der Waals surface area contributed by atoms with Gasteiger partial charge in [0.15, 0.2) is 5.75 Å². The molecule has 1 amide bonds. The number of aromatic hydroxyl groups is 1. The number of nitrogens with zero attached hydrogens (tertiary/aromatic N) is 2. The molecule has 0 spiro atoms. The lowest BCUT2D eigenvalue weighted by Crippen LogP contribution is -2.43. The number of methoxy groups -OCH3 is 1. The first kappa shape index (κ1) is 18.3. The maximum absolute atomic E-state index is 13.3. The second kappa shape index (κ2) is 7.16. The Kier molecular flexibility index (Phi) is 4.52. The number of ether oxygens (including phenoxy) is 1. The van der Waals surface area contributed by atoms with Crippen LogP contribution in [0.3, 0.4) is 0 Å². The number of phenols is 1. The number of nitrogens with one attached hydrogen (secondary N) is 1. The number of nitro benzene ring substituents is 1. The molecule has 0 bridgehead atoms. The van der Waals surface area contributed by atoms with Crippen molar-refractivity contribution in [2.45, 2.75) is 6.17 Å². The first-order chi connectivity index (χ1) is 14.0. The smallest absolute Gasteiger partial charge is 0.311 e. The summed E-state index contributed by atoms with van der Waals surface area (Å²) >= 11 is 0. The molecule has 0 unspecified atom stereocenters. The second-order valence-electron chi connectivity index (χ2n) is 6.47. The summed E-state index contributed by atoms with van der Waals surface area (Å²) in [6, 6.07) is 18.1. The van der Waals surface area contributed by atoms with Crippen LogP contribution < -0.4 is 15.0 Å². The van der Waals surface area contributed by atoms with Crippen LogP contribution in [0.2, 0.25) is 0 Å². The van der Waals surface area contributed by atoms with Crippen molar-refractivity contribution >= 4 is 23.0 Å². The molecular formula is C21H17N3O5. The standard InChI is InChI=1S/C21H17N3O5/c1-29-15-9-7-14(8-10-15)23-20(13-6-11-19(25)18(12-13)24(27)28)22-17-5-3-2-4-16(17)21(23)26/h2-12,20,22,25H,1H3/t20-/m1/s1. The lowest BCUT2D eigenvalue weighted by atomic mass is 10.0. The number of fused-ring (bicyclic) bond motifs is 1. The molecule has 8 nitrogen and oxygen atoms in total. The zero-order chi connectivity index (χ0) is 20.5. The quantitative estimate of drug-likeness (QED) is 0.513. The molecule has 4 rings (SSSR count). The van der Waals surface area contributed by atoms with Gasteiger partial charge in [-0.1, -0.05) is 18.2 Å². The summed E-state index contributed by atoms with van der Waals surface area (Å²) in [5, 5.41) is 24.3. The average molecular weight is 391 g/mol. The van der Waals surface area contributed by atoms with Crippen LogP contribution in [0.1, 0.15) is 22.1 Å². The lowest BCUT2D eigenvalue weighted by Gasteiger charge is -2.38. The van der Waals surface area contributed by atoms with Crippen molar-refractivity contribution < 1.29 is 19.6 Å². The minimum Gasteiger partial charge on any atom is -0.502 e. The molecule has 0 aliphatic carbocycles. The SMILES string of the molecule is COc1ccc(N2C(=O)c3ccccc3N[C@H]2c2ccc(O)c([N+](=O)[O-])c2)cc1. The molecule has 0 radical (unpaired) electrons. The van der Waals surface area contributed by atoms with Crippen molar-refractivity contribution in [3.05, 3.63) is 88.0 Å². The second-order valence-corrected chi connectivity index (χ2v) is 6.47. The number of benzene rings is 3. The summed E-state index contributed by atoms with van der Waals surface area (Å²) in [6.07, 6.45) is -0.704. The molecule has 1 aliphatic heterocycles. The Labute approximate surface area is 166 Å². The minimum atomic E-state index is -0.704. The van der Waals surface area contributed by atoms with E-state index >= 15 is 0 Å². The van der Waals surface area contributed by atoms with Crippen LogP contribution in [0.4, 0.5) is 17.1 Å². The fraction of sp³-hybridized carbons (Fsp3) is 0.0952. The lowest BCUT2D eigenvalue weighted by molar-refractivity contribution is -0.385. The van der Waals surface area contributed by atoms with Crippen molar-refractivity contribution in [3.8, 4) is 11.5 Å². The predicted molar refractivity (Wildman–Crippen MR) is 107 cm³/mol. The molecule has 0 fully saturated rings. The third kappa shape index (κ3) is 3.20. The zero-order valence-electron chi connectivity index (χ0n) is 15.4. The summed E-state index contributed by atoms with van der Waals surface area (Å²) in [5.74, 6) is -0.0362. The Morgan fingerprint density at radius 3 is 2.52 bits per heavy atom. The predicted octanol–water partition coefficient (Wildman–Crippen LogP) is 4.08. The van der Waals surface area contributed by atoms with Gasteiger partial charge in [0.05, 0.1) is 17.6 Å². The van der Waals surface area contributed by atoms with Crippen LogP contribution in [0.25, 0.3) is 0 Å². The summed E-state index contributed by atoms with van der Waals surface area (Å²) in [5.41, 5.74) is 1.76. The van der Waals surface area contributed by atoms with E-state index in [-0.39, 0.29) is 5.91 Å². The number of anilines is 2. The van der Waals surface area contributed by atoms with Crippen LogP contribution in [0.5, 0.6) is 11.5 Å². The van der Waals surface area contributed by atoms with Gasteiger partial charge in [-0.25, -0.2) is 0 Å². The highest BCUT2D eigenvalue weighted by Crippen LogP contribution is 2.39. The molecule has 1 heterocycles. The van der Waals surface area contributed by atoms with Crippen molar-refractivity contribution in [2.75, 3.05) is 17.3 Å². The molecule has 3 aromatic carbocycles. The van der Waals surface area contributed by atoms with Crippen molar-refractivity contribution in [1.82, 2.24) is 0 Å². The Morgan fingerprint density at radius 1 is 1.10 bits per heavy atom. The zero-order valence-corrected chi connectivity index (χ0v) is 15.4. The summed E-state index contributed by atoms with van der Waals surface area (Å²) in [7, 11) is 1.55. The highest BCUT2D eigenvalue weighted by molar-refractivity contribution is 6.12. The number of carbonyl (C=O) groups is 1. The van der Waals surface area contributed by atoms with Crippen molar-refractivity contribution in [1.29, 1.82) is 0 Å². The highest BCUT2D eigenvalue weighted by Gasteiger charge is 2.35. The van der Waals surface area contributed by atoms with Gasteiger partial charge in [0.25, 0.3) is 5.91 Å². The Bertz CT molecular complexity index is 1100. The van der Waals surface area contributed by atoms with Crippen LogP contribution in [-0.2, 0) is 0 Å². The molecule has 146 valence electrons. The molecule has 0 saturated carbocycles. The number of carbonyl (C=O) groups excluding carboxylic acids is 1. The van der Waals surface area contributed by atoms with Crippen LogP contribution in [0.15, 0.2) is 66.7 Å². The van der Waals surface area contributed by atoms with E-state index in [1.165, 1.54) is 17.0 Å². The van der Waals surface area contributed by atoms with Crippen LogP contribution >= 0.6 is 0 Å². The average Bonchev–Trinajstić information content (AvgIpc) is 2.74. The molecule has 29 heavy (non-hydrogen) atoms. The van der Waals surface area contributed by atoms with Crippen molar-refractivity contribution in [2.24, 2.45) is 0 Å². The van der Waals surface area contributed by atoms with E-state index in [0.717, 1.165) is 0 Å². The molecule has 1 aliphatic rings. The molecule has 8 heteroatoms. The maximum atomic E-state index is 13.3. The molecule has 1 atom stereocenters. The monoisotopic (exact) mass is 391 g/mol. The molecule has 0 saturated heterocycles. The number of amides is 1. The van der Waals surface area contributed by atoms with Gasteiger partial charge < -0.3 is 15.2 Å². The number of nitro groups is 1. The third-order valence-electron chi connectivity index (χ3n) is 4.79. The van der Waals surface area contributed by atoms with Gasteiger partial charge in [0, 0.05) is 23.0 Å². The molecular weight excluding hydrogens is 374 g/mol. The summed E-state index contributed by atoms with van der Waals surface area (Å²) < 4.78 is 5.18. The summed E-state index contributed by atoms with van der Waals surface area (Å²) in [4.78, 5) is 25.5. The van der Waals surface area contributed by atoms with E-state index < -0.39 is 22.5 Å². The topological polar surface area (TPSA) is 105 Å². The van der Waals surface area contributed by atoms with Gasteiger partial charge in [-0.3, -0.25) is 19.8 Å². The van der Waals surface area contributed by atoms with E-state index in [9.17, 15) is 20.0 Å². The number of para-hydroxylation sites is 1. The van der Waals surface area contributed by atoms with Gasteiger partial charge in [-0.2, -0.15) is 0 Å². The van der Waals surface area contributed by atoms with E-state index in [0.29, 0.717) is 28.3 Å². The highest BCUT2D eigenvalue weighted by atomic mass is 16.6. The summed E-state index contributed by atoms with van der Waals surface area (Å²) in [6.45, 7) is 0. The Balaban J connectivity index is 1.86. The van der Waals surface area contributed by atoms with E-state index in [1.807, 2.05) is 0 Å². The van der Waals surface area contributed by atoms with Crippen LogP contribution in [0, 0.1) is 10.1 Å². The van der Waals surface area contributed by atoms with Crippen molar-refractivity contribution in [3.63, 3.8) is 0 Å². The first-order valence-corrected chi connectivity index (χ1v) is 8.80.